The van der Waals surface area contributed by atoms with Crippen molar-refractivity contribution in [3.8, 4) is 0 Å². The second-order valence-electron chi connectivity index (χ2n) is 4.56. The number of nitrogens with one attached hydrogen (secondary N) is 1. The van der Waals surface area contributed by atoms with Crippen LogP contribution in [0.25, 0.3) is 0 Å². The third-order valence-corrected chi connectivity index (χ3v) is 2.77. The van der Waals surface area contributed by atoms with Crippen LogP contribution in [0.1, 0.15) is 26.5 Å². The molecule has 90 valence electrons. The fourth-order valence-electron chi connectivity index (χ4n) is 1.18. The molecule has 0 unspecified atom stereocenters. The van der Waals surface area contributed by atoms with Crippen molar-refractivity contribution < 1.29 is 9.53 Å². The normalized spacial score (nSPS) is 11.3. The van der Waals surface area contributed by atoms with Crippen molar-refractivity contribution >= 4 is 22.0 Å². The Morgan fingerprint density at radius 3 is 2.56 bits per heavy atom. The predicted octanol–water partition coefficient (Wildman–Crippen LogP) is 2.81. The molecule has 0 fully saturated rings. The van der Waals surface area contributed by atoms with E-state index in [0.717, 1.165) is 10.3 Å². The second-order valence-corrected chi connectivity index (χ2v) is 5.37. The number of aromatic nitrogens is 1. The zero-order valence-corrected chi connectivity index (χ0v) is 11.6. The van der Waals surface area contributed by atoms with Crippen LogP contribution >= 0.6 is 15.9 Å². The molecule has 0 saturated heterocycles. The number of ether oxygens (including phenoxy) is 1. The fraction of sp³-hybridized carbons (Fsp3) is 0.545. The Morgan fingerprint density at radius 2 is 2.12 bits per heavy atom. The summed E-state index contributed by atoms with van der Waals surface area (Å²) in [4.78, 5) is 11.4. The van der Waals surface area contributed by atoms with Gasteiger partial charge in [0.2, 0.25) is 0 Å². The molecular weight excluding hydrogens is 272 g/mol. The molecule has 1 amide bonds. The van der Waals surface area contributed by atoms with Gasteiger partial charge in [0.05, 0.1) is 11.1 Å². The molecule has 0 saturated carbocycles. The van der Waals surface area contributed by atoms with Gasteiger partial charge in [0, 0.05) is 12.7 Å². The fourth-order valence-corrected chi connectivity index (χ4v) is 1.54. The van der Waals surface area contributed by atoms with Crippen LogP contribution in [0.3, 0.4) is 0 Å². The maximum absolute atomic E-state index is 11.4. The van der Waals surface area contributed by atoms with Crippen LogP contribution in [0, 0.1) is 0 Å². The number of alkyl carbamates (subject to hydrolysis) is 1. The monoisotopic (exact) mass is 288 g/mol. The number of halogens is 1. The summed E-state index contributed by atoms with van der Waals surface area (Å²) in [6.07, 6.45) is -0.398. The lowest BCUT2D eigenvalue weighted by Gasteiger charge is -2.19. The average Bonchev–Trinajstić information content (AvgIpc) is 2.42. The van der Waals surface area contributed by atoms with Gasteiger partial charge in [-0.25, -0.2) is 4.79 Å². The molecule has 0 aromatic carbocycles. The first-order chi connectivity index (χ1) is 7.29. The molecule has 0 radical (unpaired) electrons. The van der Waals surface area contributed by atoms with E-state index in [4.69, 9.17) is 4.74 Å². The van der Waals surface area contributed by atoms with E-state index in [1.165, 1.54) is 0 Å². The lowest BCUT2D eigenvalue weighted by molar-refractivity contribution is 0.0522. The van der Waals surface area contributed by atoms with Crippen molar-refractivity contribution in [2.24, 2.45) is 7.05 Å². The highest BCUT2D eigenvalue weighted by atomic mass is 79.9. The number of carbonyl (C=O) groups is 1. The lowest BCUT2D eigenvalue weighted by atomic mass is 10.2. The highest BCUT2D eigenvalue weighted by Crippen LogP contribution is 2.13. The van der Waals surface area contributed by atoms with E-state index in [0.29, 0.717) is 6.54 Å². The maximum Gasteiger partial charge on any atom is 0.407 e. The van der Waals surface area contributed by atoms with E-state index < -0.39 is 11.7 Å². The summed E-state index contributed by atoms with van der Waals surface area (Å²) < 4.78 is 8.07. The van der Waals surface area contributed by atoms with Crippen LogP contribution in [-0.2, 0) is 18.3 Å². The minimum atomic E-state index is -0.459. The number of carbonyl (C=O) groups excluding carboxylic acids is 1. The van der Waals surface area contributed by atoms with Gasteiger partial charge < -0.3 is 14.6 Å². The number of nitrogens with zero attached hydrogens (tertiary/aromatic N) is 1. The standard InChI is InChI=1S/C11H17BrN2O2/c1-11(2,3)16-10(15)13-7-8-5-6-9(12)14(8)4/h5-6H,7H2,1-4H3,(H,13,15). The lowest BCUT2D eigenvalue weighted by Crippen LogP contribution is -2.32. The summed E-state index contributed by atoms with van der Waals surface area (Å²) in [7, 11) is 1.93. The SMILES string of the molecule is Cn1c(Br)ccc1CNC(=O)OC(C)(C)C. The molecule has 1 aromatic rings. The van der Waals surface area contributed by atoms with Crippen molar-refractivity contribution in [1.82, 2.24) is 9.88 Å². The van der Waals surface area contributed by atoms with Crippen LogP contribution in [0.5, 0.6) is 0 Å². The van der Waals surface area contributed by atoms with E-state index in [2.05, 4.69) is 21.2 Å². The largest absolute Gasteiger partial charge is 0.444 e. The molecule has 1 heterocycles. The summed E-state index contributed by atoms with van der Waals surface area (Å²) in [6, 6.07) is 3.88. The van der Waals surface area contributed by atoms with E-state index in [1.807, 2.05) is 44.5 Å². The van der Waals surface area contributed by atoms with Crippen LogP contribution in [-0.4, -0.2) is 16.3 Å². The Balaban J connectivity index is 2.47. The predicted molar refractivity (Wildman–Crippen MR) is 66.2 cm³/mol. The van der Waals surface area contributed by atoms with Crippen molar-refractivity contribution in [1.29, 1.82) is 0 Å². The van der Waals surface area contributed by atoms with Crippen molar-refractivity contribution in [2.45, 2.75) is 32.9 Å². The molecule has 1 rings (SSSR count). The molecule has 0 spiro atoms. The molecule has 0 aliphatic carbocycles. The molecule has 0 atom stereocenters. The summed E-state index contributed by atoms with van der Waals surface area (Å²) in [6.45, 7) is 5.97. The zero-order valence-electron chi connectivity index (χ0n) is 10.0. The smallest absolute Gasteiger partial charge is 0.407 e. The zero-order chi connectivity index (χ0) is 12.3. The minimum absolute atomic E-state index is 0.398. The van der Waals surface area contributed by atoms with Gasteiger partial charge in [0.25, 0.3) is 0 Å². The van der Waals surface area contributed by atoms with Crippen LogP contribution in [0.4, 0.5) is 4.79 Å². The van der Waals surface area contributed by atoms with Gasteiger partial charge in [-0.2, -0.15) is 0 Å². The molecule has 0 bridgehead atoms. The average molecular weight is 289 g/mol. The highest BCUT2D eigenvalue weighted by Gasteiger charge is 2.16. The molecule has 0 aliphatic rings. The quantitative estimate of drug-likeness (QED) is 0.909. The van der Waals surface area contributed by atoms with Gasteiger partial charge in [0.15, 0.2) is 0 Å². The van der Waals surface area contributed by atoms with E-state index >= 15 is 0 Å². The summed E-state index contributed by atoms with van der Waals surface area (Å²) >= 11 is 3.39. The van der Waals surface area contributed by atoms with Gasteiger partial charge in [-0.1, -0.05) is 0 Å². The minimum Gasteiger partial charge on any atom is -0.444 e. The van der Waals surface area contributed by atoms with E-state index in [1.54, 1.807) is 0 Å². The Labute approximate surface area is 104 Å². The molecule has 1 aromatic heterocycles. The van der Waals surface area contributed by atoms with Crippen LogP contribution < -0.4 is 5.32 Å². The van der Waals surface area contributed by atoms with Crippen molar-refractivity contribution in [2.75, 3.05) is 0 Å². The third-order valence-electron chi connectivity index (χ3n) is 1.98. The van der Waals surface area contributed by atoms with Crippen LogP contribution in [0.15, 0.2) is 16.7 Å². The first kappa shape index (κ1) is 13.1. The molecular formula is C11H17BrN2O2. The first-order valence-corrected chi connectivity index (χ1v) is 5.86. The summed E-state index contributed by atoms with van der Waals surface area (Å²) in [5, 5.41) is 2.71. The molecule has 1 N–H and O–H groups in total. The molecule has 5 heteroatoms. The first-order valence-electron chi connectivity index (χ1n) is 5.06. The number of rotatable bonds is 2. The second kappa shape index (κ2) is 4.91. The van der Waals surface area contributed by atoms with Crippen molar-refractivity contribution in [3.63, 3.8) is 0 Å². The molecule has 16 heavy (non-hydrogen) atoms. The summed E-state index contributed by atoms with van der Waals surface area (Å²) in [5.41, 5.74) is 0.552. The van der Waals surface area contributed by atoms with Gasteiger partial charge >= 0.3 is 6.09 Å². The Kier molecular flexibility index (Phi) is 4.02. The van der Waals surface area contributed by atoms with E-state index in [-0.39, 0.29) is 0 Å². The van der Waals surface area contributed by atoms with Crippen LogP contribution in [0.2, 0.25) is 0 Å². The van der Waals surface area contributed by atoms with Gasteiger partial charge in [-0.3, -0.25) is 0 Å². The Bertz CT molecular complexity index is 380. The molecule has 0 aliphatic heterocycles. The Morgan fingerprint density at radius 1 is 1.50 bits per heavy atom. The number of hydrogen-bond acceptors (Lipinski definition) is 2. The maximum atomic E-state index is 11.4. The summed E-state index contributed by atoms with van der Waals surface area (Å²) in [5.74, 6) is 0. The molecule has 4 nitrogen and oxygen atoms in total. The third kappa shape index (κ3) is 3.89. The van der Waals surface area contributed by atoms with Gasteiger partial charge in [-0.05, 0) is 48.8 Å². The highest BCUT2D eigenvalue weighted by molar-refractivity contribution is 9.10. The van der Waals surface area contributed by atoms with Crippen molar-refractivity contribution in [3.05, 3.63) is 22.4 Å². The van der Waals surface area contributed by atoms with Gasteiger partial charge in [0.1, 0.15) is 5.60 Å². The number of hydrogen-bond donors (Lipinski definition) is 1. The Hall–Kier alpha value is -0.970. The van der Waals surface area contributed by atoms with E-state index in [9.17, 15) is 4.79 Å². The topological polar surface area (TPSA) is 43.3 Å². The van der Waals surface area contributed by atoms with Gasteiger partial charge in [-0.15, -0.1) is 0 Å². The number of amides is 1.